The van der Waals surface area contributed by atoms with Crippen LogP contribution in [0.25, 0.3) is 0 Å². The highest BCUT2D eigenvalue weighted by Crippen LogP contribution is 2.23. The van der Waals surface area contributed by atoms with Crippen molar-refractivity contribution in [2.45, 2.75) is 56.2 Å². The lowest BCUT2D eigenvalue weighted by atomic mass is 10.2. The Kier molecular flexibility index (Phi) is 7.16. The minimum atomic E-state index is -0.0484. The first kappa shape index (κ1) is 19.7. The molecule has 2 aromatic rings. The molecule has 0 bridgehead atoms. The van der Waals surface area contributed by atoms with E-state index in [2.05, 4.69) is 41.2 Å². The Balaban J connectivity index is 1.52. The fourth-order valence-corrected chi connectivity index (χ4v) is 4.09. The number of benzene rings is 1. The first-order valence-electron chi connectivity index (χ1n) is 9.86. The van der Waals surface area contributed by atoms with Crippen LogP contribution >= 0.6 is 11.8 Å². The average Bonchev–Trinajstić information content (AvgIpc) is 2.96. The van der Waals surface area contributed by atoms with Crippen molar-refractivity contribution in [1.29, 1.82) is 0 Å². The maximum Gasteiger partial charge on any atom is 0.251 e. The zero-order valence-electron chi connectivity index (χ0n) is 16.3. The van der Waals surface area contributed by atoms with Gasteiger partial charge in [-0.15, -0.1) is 11.8 Å². The number of hydrogen-bond donors (Lipinski definition) is 1. The number of pyridine rings is 1. The number of nitrogens with one attached hydrogen (secondary N) is 1. The smallest absolute Gasteiger partial charge is 0.251 e. The third kappa shape index (κ3) is 5.99. The summed E-state index contributed by atoms with van der Waals surface area (Å²) in [5, 5.41) is 3.52. The highest BCUT2D eigenvalue weighted by atomic mass is 32.2. The van der Waals surface area contributed by atoms with E-state index in [1.165, 1.54) is 30.6 Å². The zero-order chi connectivity index (χ0) is 19.1. The van der Waals surface area contributed by atoms with Gasteiger partial charge in [0, 0.05) is 41.5 Å². The summed E-state index contributed by atoms with van der Waals surface area (Å²) in [6.07, 6.45) is 7.00. The molecule has 4 nitrogen and oxygen atoms in total. The van der Waals surface area contributed by atoms with Gasteiger partial charge in [-0.1, -0.05) is 32.8 Å². The molecule has 1 fully saturated rings. The van der Waals surface area contributed by atoms with Crippen molar-refractivity contribution in [2.24, 2.45) is 0 Å². The van der Waals surface area contributed by atoms with Crippen LogP contribution in [0.5, 0.6) is 0 Å². The Morgan fingerprint density at radius 3 is 2.37 bits per heavy atom. The molecule has 0 atom stereocenters. The van der Waals surface area contributed by atoms with E-state index >= 15 is 0 Å². The van der Waals surface area contributed by atoms with E-state index in [1.54, 1.807) is 11.8 Å². The molecule has 0 spiro atoms. The Morgan fingerprint density at radius 2 is 1.78 bits per heavy atom. The van der Waals surface area contributed by atoms with Crippen LogP contribution < -0.4 is 10.2 Å². The highest BCUT2D eigenvalue weighted by Gasteiger charge is 2.11. The minimum absolute atomic E-state index is 0.0484. The molecule has 0 saturated carbocycles. The summed E-state index contributed by atoms with van der Waals surface area (Å²) in [7, 11) is 0. The largest absolute Gasteiger partial charge is 0.357 e. The molecule has 0 unspecified atom stereocenters. The Hall–Kier alpha value is -2.01. The first-order chi connectivity index (χ1) is 13.1. The normalized spacial score (nSPS) is 14.9. The van der Waals surface area contributed by atoms with Gasteiger partial charge in [0.15, 0.2) is 0 Å². The van der Waals surface area contributed by atoms with Crippen LogP contribution in [0.4, 0.5) is 5.82 Å². The third-order valence-electron chi connectivity index (χ3n) is 4.68. The standard InChI is InChI=1S/C22H29N3OS/c1-17(2)27-20-10-8-19(9-11-20)22(26)24-16-18-7-12-21(23-15-18)25-13-5-3-4-6-14-25/h7-12,15,17H,3-6,13-14,16H2,1-2H3,(H,24,26). The van der Waals surface area contributed by atoms with E-state index in [0.717, 1.165) is 24.5 Å². The van der Waals surface area contributed by atoms with Gasteiger partial charge >= 0.3 is 0 Å². The van der Waals surface area contributed by atoms with Crippen LogP contribution in [0.2, 0.25) is 0 Å². The second-order valence-corrected chi connectivity index (χ2v) is 8.95. The van der Waals surface area contributed by atoms with Crippen molar-refractivity contribution in [3.8, 4) is 0 Å². The molecule has 1 aliphatic heterocycles. The molecule has 1 N–H and O–H groups in total. The van der Waals surface area contributed by atoms with Crippen molar-refractivity contribution in [2.75, 3.05) is 18.0 Å². The van der Waals surface area contributed by atoms with Crippen LogP contribution in [-0.2, 0) is 6.54 Å². The molecule has 1 amide bonds. The molecule has 5 heteroatoms. The first-order valence-corrected chi connectivity index (χ1v) is 10.7. The number of rotatable bonds is 6. The van der Waals surface area contributed by atoms with Gasteiger partial charge in [-0.2, -0.15) is 0 Å². The molecule has 1 aromatic heterocycles. The maximum absolute atomic E-state index is 12.4. The molecule has 3 rings (SSSR count). The molecule has 2 heterocycles. The number of amides is 1. The fourth-order valence-electron chi connectivity index (χ4n) is 3.25. The lowest BCUT2D eigenvalue weighted by Gasteiger charge is -2.21. The maximum atomic E-state index is 12.4. The van der Waals surface area contributed by atoms with Crippen LogP contribution in [0.1, 0.15) is 55.5 Å². The summed E-state index contributed by atoms with van der Waals surface area (Å²) in [5.41, 5.74) is 1.71. The van der Waals surface area contributed by atoms with Gasteiger partial charge < -0.3 is 10.2 Å². The monoisotopic (exact) mass is 383 g/mol. The number of anilines is 1. The van der Waals surface area contributed by atoms with E-state index in [0.29, 0.717) is 17.4 Å². The van der Waals surface area contributed by atoms with Gasteiger partial charge in [-0.25, -0.2) is 4.98 Å². The summed E-state index contributed by atoms with van der Waals surface area (Å²) in [6, 6.07) is 11.9. The molecule has 27 heavy (non-hydrogen) atoms. The van der Waals surface area contributed by atoms with E-state index in [1.807, 2.05) is 30.5 Å². The van der Waals surface area contributed by atoms with Crippen molar-refractivity contribution in [1.82, 2.24) is 10.3 Å². The molecule has 1 aliphatic rings. The van der Waals surface area contributed by atoms with E-state index in [9.17, 15) is 4.79 Å². The molecule has 144 valence electrons. The Morgan fingerprint density at radius 1 is 1.07 bits per heavy atom. The number of thioether (sulfide) groups is 1. The van der Waals surface area contributed by atoms with Crippen LogP contribution in [-0.4, -0.2) is 29.2 Å². The highest BCUT2D eigenvalue weighted by molar-refractivity contribution is 7.99. The SMILES string of the molecule is CC(C)Sc1ccc(C(=O)NCc2ccc(N3CCCCCC3)nc2)cc1. The zero-order valence-corrected chi connectivity index (χ0v) is 17.1. The summed E-state index contributed by atoms with van der Waals surface area (Å²) in [5.74, 6) is 0.998. The molecule has 0 aliphatic carbocycles. The average molecular weight is 384 g/mol. The fraction of sp³-hybridized carbons (Fsp3) is 0.455. The second kappa shape index (κ2) is 9.79. The van der Waals surface area contributed by atoms with Gasteiger partial charge in [0.2, 0.25) is 0 Å². The van der Waals surface area contributed by atoms with E-state index in [4.69, 9.17) is 0 Å². The van der Waals surface area contributed by atoms with Crippen molar-refractivity contribution in [3.63, 3.8) is 0 Å². The summed E-state index contributed by atoms with van der Waals surface area (Å²) >= 11 is 1.80. The second-order valence-electron chi connectivity index (χ2n) is 7.30. The van der Waals surface area contributed by atoms with Gasteiger partial charge in [0.1, 0.15) is 5.82 Å². The van der Waals surface area contributed by atoms with E-state index in [-0.39, 0.29) is 5.91 Å². The van der Waals surface area contributed by atoms with Crippen LogP contribution in [0, 0.1) is 0 Å². The predicted octanol–water partition coefficient (Wildman–Crippen LogP) is 4.89. The van der Waals surface area contributed by atoms with E-state index < -0.39 is 0 Å². The molecule has 1 aromatic carbocycles. The van der Waals surface area contributed by atoms with Crippen molar-refractivity contribution in [3.05, 3.63) is 53.7 Å². The molecule has 0 radical (unpaired) electrons. The van der Waals surface area contributed by atoms with Crippen LogP contribution in [0.3, 0.4) is 0 Å². The summed E-state index contributed by atoms with van der Waals surface area (Å²) in [4.78, 5) is 20.5. The quantitative estimate of drug-likeness (QED) is 0.721. The third-order valence-corrected chi connectivity index (χ3v) is 5.70. The number of hydrogen-bond acceptors (Lipinski definition) is 4. The van der Waals surface area contributed by atoms with Crippen LogP contribution in [0.15, 0.2) is 47.5 Å². The number of nitrogens with zero attached hydrogens (tertiary/aromatic N) is 2. The summed E-state index contributed by atoms with van der Waals surface area (Å²) < 4.78 is 0. The lowest BCUT2D eigenvalue weighted by molar-refractivity contribution is 0.0951. The van der Waals surface area contributed by atoms with Crippen molar-refractivity contribution < 1.29 is 4.79 Å². The number of carbonyl (C=O) groups is 1. The van der Waals surface area contributed by atoms with Crippen molar-refractivity contribution >= 4 is 23.5 Å². The lowest BCUT2D eigenvalue weighted by Crippen LogP contribution is -2.25. The van der Waals surface area contributed by atoms with Gasteiger partial charge in [-0.05, 0) is 48.7 Å². The Labute approximate surface area is 166 Å². The minimum Gasteiger partial charge on any atom is -0.357 e. The Bertz CT molecular complexity index is 720. The molecule has 1 saturated heterocycles. The summed E-state index contributed by atoms with van der Waals surface area (Å²) in [6.45, 7) is 7.01. The number of aromatic nitrogens is 1. The van der Waals surface area contributed by atoms with Gasteiger partial charge in [0.05, 0.1) is 0 Å². The predicted molar refractivity (Wildman–Crippen MR) is 114 cm³/mol. The van der Waals surface area contributed by atoms with Gasteiger partial charge in [0.25, 0.3) is 5.91 Å². The topological polar surface area (TPSA) is 45.2 Å². The van der Waals surface area contributed by atoms with Gasteiger partial charge in [-0.3, -0.25) is 4.79 Å². The molecular formula is C22H29N3OS. The number of carbonyl (C=O) groups excluding carboxylic acids is 1. The molecular weight excluding hydrogens is 354 g/mol.